The quantitative estimate of drug-likeness (QED) is 0.884. The average molecular weight is 285 g/mol. The van der Waals surface area contributed by atoms with Gasteiger partial charge in [0.05, 0.1) is 0 Å². The monoisotopic (exact) mass is 285 g/mol. The van der Waals surface area contributed by atoms with E-state index in [0.29, 0.717) is 5.92 Å². The summed E-state index contributed by atoms with van der Waals surface area (Å²) in [5.41, 5.74) is 2.06. The SMILES string of the molecule is CCCn1ccnc1-c1nc(C2CC2)nc(NCC)c1C. The number of imidazole rings is 1. The van der Waals surface area contributed by atoms with E-state index in [1.165, 1.54) is 12.8 Å². The number of nitrogens with zero attached hydrogens (tertiary/aromatic N) is 4. The first-order valence-corrected chi connectivity index (χ1v) is 7.88. The first-order chi connectivity index (χ1) is 10.2. The minimum Gasteiger partial charge on any atom is -0.370 e. The molecule has 1 aliphatic carbocycles. The molecule has 21 heavy (non-hydrogen) atoms. The third-order valence-electron chi connectivity index (χ3n) is 3.84. The molecule has 0 amide bonds. The highest BCUT2D eigenvalue weighted by atomic mass is 15.1. The Morgan fingerprint density at radius 2 is 2.10 bits per heavy atom. The van der Waals surface area contributed by atoms with Gasteiger partial charge in [-0.25, -0.2) is 15.0 Å². The van der Waals surface area contributed by atoms with Gasteiger partial charge in [-0.2, -0.15) is 0 Å². The second kappa shape index (κ2) is 5.84. The van der Waals surface area contributed by atoms with Crippen LogP contribution in [0.4, 0.5) is 5.82 Å². The number of rotatable bonds is 6. The number of hydrogen-bond donors (Lipinski definition) is 1. The highest BCUT2D eigenvalue weighted by Gasteiger charge is 2.29. The molecule has 2 heterocycles. The Labute approximate surface area is 125 Å². The summed E-state index contributed by atoms with van der Waals surface area (Å²) in [7, 11) is 0. The number of hydrogen-bond acceptors (Lipinski definition) is 4. The lowest BCUT2D eigenvalue weighted by Gasteiger charge is -2.14. The summed E-state index contributed by atoms with van der Waals surface area (Å²) in [4.78, 5) is 14.1. The molecule has 0 atom stereocenters. The van der Waals surface area contributed by atoms with E-state index < -0.39 is 0 Å². The van der Waals surface area contributed by atoms with Crippen molar-refractivity contribution in [1.29, 1.82) is 0 Å². The molecule has 5 heteroatoms. The number of aryl methyl sites for hydroxylation is 1. The van der Waals surface area contributed by atoms with E-state index in [2.05, 4.69) is 35.6 Å². The molecule has 0 aromatic carbocycles. The Hall–Kier alpha value is -1.91. The summed E-state index contributed by atoms with van der Waals surface area (Å²) in [6.45, 7) is 8.18. The summed E-state index contributed by atoms with van der Waals surface area (Å²) < 4.78 is 2.18. The maximum absolute atomic E-state index is 4.83. The minimum atomic E-state index is 0.538. The van der Waals surface area contributed by atoms with Gasteiger partial charge >= 0.3 is 0 Å². The summed E-state index contributed by atoms with van der Waals surface area (Å²) >= 11 is 0. The largest absolute Gasteiger partial charge is 0.370 e. The fraction of sp³-hybridized carbons (Fsp3) is 0.562. The van der Waals surface area contributed by atoms with Crippen LogP contribution in [0.1, 0.15) is 50.4 Å². The Morgan fingerprint density at radius 1 is 1.29 bits per heavy atom. The zero-order chi connectivity index (χ0) is 14.8. The first-order valence-electron chi connectivity index (χ1n) is 7.88. The van der Waals surface area contributed by atoms with Gasteiger partial charge in [-0.15, -0.1) is 0 Å². The van der Waals surface area contributed by atoms with Crippen molar-refractivity contribution in [2.75, 3.05) is 11.9 Å². The molecular weight excluding hydrogens is 262 g/mol. The van der Waals surface area contributed by atoms with Gasteiger partial charge in [-0.1, -0.05) is 6.92 Å². The highest BCUT2D eigenvalue weighted by molar-refractivity contribution is 5.63. The first kappa shape index (κ1) is 14.0. The van der Waals surface area contributed by atoms with Gasteiger partial charge in [0, 0.05) is 37.0 Å². The number of aromatic nitrogens is 4. The van der Waals surface area contributed by atoms with Gasteiger partial charge in [0.25, 0.3) is 0 Å². The minimum absolute atomic E-state index is 0.538. The van der Waals surface area contributed by atoms with Gasteiger partial charge in [0.2, 0.25) is 0 Å². The van der Waals surface area contributed by atoms with Crippen LogP contribution in [-0.2, 0) is 6.54 Å². The zero-order valence-electron chi connectivity index (χ0n) is 13.1. The Kier molecular flexibility index (Phi) is 3.90. The molecule has 0 spiro atoms. The van der Waals surface area contributed by atoms with Crippen LogP contribution in [-0.4, -0.2) is 26.1 Å². The molecule has 2 aromatic rings. The molecule has 0 aliphatic heterocycles. The van der Waals surface area contributed by atoms with E-state index >= 15 is 0 Å². The lowest BCUT2D eigenvalue weighted by atomic mass is 10.2. The normalized spacial score (nSPS) is 14.4. The number of nitrogens with one attached hydrogen (secondary N) is 1. The van der Waals surface area contributed by atoms with E-state index in [9.17, 15) is 0 Å². The molecule has 0 bridgehead atoms. The van der Waals surface area contributed by atoms with E-state index in [-0.39, 0.29) is 0 Å². The summed E-state index contributed by atoms with van der Waals surface area (Å²) in [5, 5.41) is 3.36. The van der Waals surface area contributed by atoms with E-state index in [1.807, 2.05) is 12.4 Å². The molecule has 3 rings (SSSR count). The van der Waals surface area contributed by atoms with Gasteiger partial charge in [-0.3, -0.25) is 0 Å². The third kappa shape index (κ3) is 2.77. The predicted molar refractivity (Wildman–Crippen MR) is 84.4 cm³/mol. The van der Waals surface area contributed by atoms with Crippen LogP contribution in [0.15, 0.2) is 12.4 Å². The number of anilines is 1. The molecule has 0 radical (unpaired) electrons. The smallest absolute Gasteiger partial charge is 0.159 e. The van der Waals surface area contributed by atoms with Gasteiger partial charge < -0.3 is 9.88 Å². The Morgan fingerprint density at radius 3 is 2.76 bits per heavy atom. The fourth-order valence-corrected chi connectivity index (χ4v) is 2.56. The van der Waals surface area contributed by atoms with Crippen molar-refractivity contribution in [2.24, 2.45) is 0 Å². The van der Waals surface area contributed by atoms with Crippen molar-refractivity contribution in [3.8, 4) is 11.5 Å². The molecule has 1 aliphatic rings. The van der Waals surface area contributed by atoms with Crippen molar-refractivity contribution in [2.45, 2.75) is 52.5 Å². The summed E-state index contributed by atoms with van der Waals surface area (Å²) in [5.74, 6) is 3.42. The average Bonchev–Trinajstić information content (AvgIpc) is 3.22. The van der Waals surface area contributed by atoms with Crippen molar-refractivity contribution in [3.63, 3.8) is 0 Å². The molecule has 1 N–H and O–H groups in total. The maximum Gasteiger partial charge on any atom is 0.159 e. The van der Waals surface area contributed by atoms with Crippen molar-refractivity contribution >= 4 is 5.82 Å². The summed E-state index contributed by atoms with van der Waals surface area (Å²) in [6, 6.07) is 0. The van der Waals surface area contributed by atoms with Crippen LogP contribution in [0.3, 0.4) is 0 Å². The second-order valence-electron chi connectivity index (χ2n) is 5.65. The van der Waals surface area contributed by atoms with Gasteiger partial charge in [-0.05, 0) is 33.1 Å². The van der Waals surface area contributed by atoms with Crippen molar-refractivity contribution < 1.29 is 0 Å². The van der Waals surface area contributed by atoms with Crippen molar-refractivity contribution in [1.82, 2.24) is 19.5 Å². The fourth-order valence-electron chi connectivity index (χ4n) is 2.56. The van der Waals surface area contributed by atoms with Crippen molar-refractivity contribution in [3.05, 3.63) is 23.8 Å². The predicted octanol–water partition coefficient (Wildman–Crippen LogP) is 3.37. The summed E-state index contributed by atoms with van der Waals surface area (Å²) in [6.07, 6.45) is 7.39. The molecule has 112 valence electrons. The topological polar surface area (TPSA) is 55.6 Å². The van der Waals surface area contributed by atoms with Crippen LogP contribution < -0.4 is 5.32 Å². The molecule has 5 nitrogen and oxygen atoms in total. The van der Waals surface area contributed by atoms with Crippen LogP contribution >= 0.6 is 0 Å². The lowest BCUT2D eigenvalue weighted by molar-refractivity contribution is 0.682. The van der Waals surface area contributed by atoms with Crippen LogP contribution in [0.2, 0.25) is 0 Å². The Bertz CT molecular complexity index is 628. The third-order valence-corrected chi connectivity index (χ3v) is 3.84. The molecule has 1 saturated carbocycles. The van der Waals surface area contributed by atoms with E-state index in [1.54, 1.807) is 0 Å². The molecule has 0 unspecified atom stereocenters. The lowest BCUT2D eigenvalue weighted by Crippen LogP contribution is -2.09. The second-order valence-corrected chi connectivity index (χ2v) is 5.65. The molecule has 1 fully saturated rings. The van der Waals surface area contributed by atoms with Gasteiger partial charge in [0.1, 0.15) is 17.3 Å². The van der Waals surface area contributed by atoms with Crippen LogP contribution in [0.25, 0.3) is 11.5 Å². The van der Waals surface area contributed by atoms with Gasteiger partial charge in [0.15, 0.2) is 5.82 Å². The van der Waals surface area contributed by atoms with Crippen LogP contribution in [0, 0.1) is 6.92 Å². The zero-order valence-corrected chi connectivity index (χ0v) is 13.1. The van der Waals surface area contributed by atoms with E-state index in [0.717, 1.165) is 48.2 Å². The highest BCUT2D eigenvalue weighted by Crippen LogP contribution is 2.40. The van der Waals surface area contributed by atoms with Crippen LogP contribution in [0.5, 0.6) is 0 Å². The molecule has 2 aromatic heterocycles. The standard InChI is InChI=1S/C16H23N5/c1-4-9-21-10-8-18-16(21)13-11(3)14(17-5-2)20-15(19-13)12-6-7-12/h8,10,12H,4-7,9H2,1-3H3,(H,17,19,20). The molecule has 0 saturated heterocycles. The Balaban J connectivity index is 2.09. The van der Waals surface area contributed by atoms with E-state index in [4.69, 9.17) is 9.97 Å². The maximum atomic E-state index is 4.83. The molecular formula is C16H23N5.